The molecule has 8 nitrogen and oxygen atoms in total. The van der Waals surface area contributed by atoms with Gasteiger partial charge in [-0.3, -0.25) is 4.79 Å². The van der Waals surface area contributed by atoms with Gasteiger partial charge in [-0.25, -0.2) is 9.59 Å². The third-order valence-corrected chi connectivity index (χ3v) is 4.56. The van der Waals surface area contributed by atoms with Crippen LogP contribution >= 0.6 is 0 Å². The second-order valence-electron chi connectivity index (χ2n) is 7.64. The molecule has 8 heteroatoms. The molecule has 0 aromatic heterocycles. The van der Waals surface area contributed by atoms with Gasteiger partial charge >= 0.3 is 12.1 Å². The van der Waals surface area contributed by atoms with Crippen LogP contribution < -0.4 is 5.32 Å². The van der Waals surface area contributed by atoms with Gasteiger partial charge in [-0.1, -0.05) is 12.8 Å². The van der Waals surface area contributed by atoms with Crippen molar-refractivity contribution in [1.29, 1.82) is 0 Å². The highest BCUT2D eigenvalue weighted by Crippen LogP contribution is 2.32. The van der Waals surface area contributed by atoms with Crippen molar-refractivity contribution in [2.24, 2.45) is 0 Å². The fraction of sp³-hybridized carbons (Fsp3) is 0.824. The summed E-state index contributed by atoms with van der Waals surface area (Å²) in [5, 5.41) is 12.9. The van der Waals surface area contributed by atoms with Gasteiger partial charge in [0.2, 0.25) is 5.91 Å². The molecule has 2 fully saturated rings. The maximum Gasteiger partial charge on any atom is 0.408 e. The van der Waals surface area contributed by atoms with Crippen molar-refractivity contribution in [2.75, 3.05) is 7.11 Å². The standard InChI is InChI=1S/C17H28N2O6/c1-17(2,3)25-16(23)18-10-7-5-6-8-11-13(20)9-12(15(22)24-4)19(11)14(10)21/h10-13,20H,5-9H2,1-4H3,(H,18,23)/t10-,11-,12-,13+/m0/s1. The van der Waals surface area contributed by atoms with E-state index in [-0.39, 0.29) is 12.3 Å². The van der Waals surface area contributed by atoms with Crippen LogP contribution in [0, 0.1) is 0 Å². The van der Waals surface area contributed by atoms with Crippen LogP contribution in [-0.2, 0) is 19.1 Å². The number of carbonyl (C=O) groups excluding carboxylic acids is 3. The predicted molar refractivity (Wildman–Crippen MR) is 88.7 cm³/mol. The Morgan fingerprint density at radius 1 is 1.24 bits per heavy atom. The molecule has 2 N–H and O–H groups in total. The van der Waals surface area contributed by atoms with Crippen LogP contribution in [0.25, 0.3) is 0 Å². The first-order valence-corrected chi connectivity index (χ1v) is 8.71. The summed E-state index contributed by atoms with van der Waals surface area (Å²) >= 11 is 0. The van der Waals surface area contributed by atoms with Gasteiger partial charge in [0.15, 0.2) is 0 Å². The molecule has 2 rings (SSSR count). The zero-order chi connectivity index (χ0) is 18.8. The molecule has 2 heterocycles. The van der Waals surface area contributed by atoms with Gasteiger partial charge < -0.3 is 24.8 Å². The third kappa shape index (κ3) is 4.62. The minimum atomic E-state index is -0.821. The van der Waals surface area contributed by atoms with Crippen LogP contribution in [0.2, 0.25) is 0 Å². The number of fused-ring (bicyclic) bond motifs is 1. The molecule has 2 aliphatic heterocycles. The Morgan fingerprint density at radius 3 is 2.48 bits per heavy atom. The third-order valence-electron chi connectivity index (χ3n) is 4.56. The van der Waals surface area contributed by atoms with Crippen molar-refractivity contribution in [2.45, 2.75) is 82.7 Å². The fourth-order valence-electron chi connectivity index (χ4n) is 3.50. The Kier molecular flexibility index (Phi) is 5.92. The fourth-order valence-corrected chi connectivity index (χ4v) is 3.50. The van der Waals surface area contributed by atoms with Crippen LogP contribution in [0.3, 0.4) is 0 Å². The molecule has 2 amide bonds. The number of carbonyl (C=O) groups is 3. The highest BCUT2D eigenvalue weighted by molar-refractivity contribution is 5.90. The summed E-state index contributed by atoms with van der Waals surface area (Å²) in [6.07, 6.45) is 1.34. The van der Waals surface area contributed by atoms with Gasteiger partial charge in [-0.2, -0.15) is 0 Å². The average molecular weight is 356 g/mol. The van der Waals surface area contributed by atoms with Gasteiger partial charge in [0.05, 0.1) is 19.3 Å². The molecule has 2 saturated heterocycles. The van der Waals surface area contributed by atoms with E-state index in [0.717, 1.165) is 12.8 Å². The molecule has 0 unspecified atom stereocenters. The number of amides is 2. The zero-order valence-electron chi connectivity index (χ0n) is 15.3. The number of esters is 1. The van der Waals surface area contributed by atoms with E-state index in [1.807, 2.05) is 0 Å². The Bertz CT molecular complexity index is 530. The van der Waals surface area contributed by atoms with E-state index in [1.165, 1.54) is 12.0 Å². The molecule has 0 aromatic carbocycles. The summed E-state index contributed by atoms with van der Waals surface area (Å²) < 4.78 is 10.0. The van der Waals surface area contributed by atoms with Gasteiger partial charge in [-0.05, 0) is 33.6 Å². The van der Waals surface area contributed by atoms with Crippen molar-refractivity contribution in [1.82, 2.24) is 10.2 Å². The van der Waals surface area contributed by atoms with Crippen molar-refractivity contribution < 1.29 is 29.0 Å². The number of hydrogen-bond acceptors (Lipinski definition) is 6. The Hall–Kier alpha value is -1.83. The van der Waals surface area contributed by atoms with Crippen molar-refractivity contribution >= 4 is 18.0 Å². The molecule has 0 aromatic rings. The SMILES string of the molecule is COC(=O)[C@@H]1C[C@@H](O)[C@@H]2CCCC[C@H](NC(=O)OC(C)(C)C)C(=O)N12. The van der Waals surface area contributed by atoms with Gasteiger partial charge in [0.25, 0.3) is 0 Å². The van der Waals surface area contributed by atoms with E-state index in [1.54, 1.807) is 20.8 Å². The van der Waals surface area contributed by atoms with Crippen LogP contribution in [0.4, 0.5) is 4.79 Å². The quantitative estimate of drug-likeness (QED) is 0.714. The lowest BCUT2D eigenvalue weighted by Crippen LogP contribution is -2.56. The lowest BCUT2D eigenvalue weighted by atomic mass is 9.98. The van der Waals surface area contributed by atoms with Crippen LogP contribution in [0.1, 0.15) is 52.9 Å². The number of aliphatic hydroxyl groups is 1. The molecule has 142 valence electrons. The lowest BCUT2D eigenvalue weighted by Gasteiger charge is -2.35. The van der Waals surface area contributed by atoms with E-state index >= 15 is 0 Å². The van der Waals surface area contributed by atoms with Gasteiger partial charge in [-0.15, -0.1) is 0 Å². The number of hydrogen-bond donors (Lipinski definition) is 2. The second kappa shape index (κ2) is 7.59. The van der Waals surface area contributed by atoms with E-state index in [4.69, 9.17) is 9.47 Å². The number of nitrogens with one attached hydrogen (secondary N) is 1. The molecule has 4 atom stereocenters. The Labute approximate surface area is 147 Å². The van der Waals surface area contributed by atoms with Crippen LogP contribution in [0.15, 0.2) is 0 Å². The summed E-state index contributed by atoms with van der Waals surface area (Å²) in [6, 6.07) is -2.03. The maximum absolute atomic E-state index is 13.0. The number of alkyl carbamates (subject to hydrolysis) is 1. The van der Waals surface area contributed by atoms with E-state index < -0.39 is 41.9 Å². The van der Waals surface area contributed by atoms with Crippen molar-refractivity contribution in [3.63, 3.8) is 0 Å². The lowest BCUT2D eigenvalue weighted by molar-refractivity contribution is -0.153. The minimum Gasteiger partial charge on any atom is -0.467 e. The van der Waals surface area contributed by atoms with Crippen LogP contribution in [0.5, 0.6) is 0 Å². The second-order valence-corrected chi connectivity index (χ2v) is 7.64. The molecule has 0 radical (unpaired) electrons. The number of nitrogens with zero attached hydrogens (tertiary/aromatic N) is 1. The summed E-state index contributed by atoms with van der Waals surface area (Å²) in [5.41, 5.74) is -0.671. The zero-order valence-corrected chi connectivity index (χ0v) is 15.3. The van der Waals surface area contributed by atoms with E-state index in [0.29, 0.717) is 12.8 Å². The maximum atomic E-state index is 13.0. The average Bonchev–Trinajstić information content (AvgIpc) is 2.81. The molecule has 0 spiro atoms. The summed E-state index contributed by atoms with van der Waals surface area (Å²) in [7, 11) is 1.26. The molecule has 2 aliphatic rings. The largest absolute Gasteiger partial charge is 0.467 e. The molecule has 0 bridgehead atoms. The smallest absolute Gasteiger partial charge is 0.408 e. The molecule has 0 saturated carbocycles. The summed E-state index contributed by atoms with van der Waals surface area (Å²) in [6.45, 7) is 5.23. The molecule has 0 aliphatic carbocycles. The molecule has 25 heavy (non-hydrogen) atoms. The van der Waals surface area contributed by atoms with E-state index in [2.05, 4.69) is 5.32 Å². The summed E-state index contributed by atoms with van der Waals surface area (Å²) in [4.78, 5) is 38.5. The topological polar surface area (TPSA) is 105 Å². The number of methoxy groups -OCH3 is 1. The predicted octanol–water partition coefficient (Wildman–Crippen LogP) is 0.957. The number of ether oxygens (including phenoxy) is 2. The molecular formula is C17H28N2O6. The monoisotopic (exact) mass is 356 g/mol. The first kappa shape index (κ1) is 19.5. The molecular weight excluding hydrogens is 328 g/mol. The number of aliphatic hydroxyl groups excluding tert-OH is 1. The van der Waals surface area contributed by atoms with Gasteiger partial charge in [0, 0.05) is 6.42 Å². The Morgan fingerprint density at radius 2 is 1.88 bits per heavy atom. The highest BCUT2D eigenvalue weighted by atomic mass is 16.6. The van der Waals surface area contributed by atoms with Crippen molar-refractivity contribution in [3.8, 4) is 0 Å². The number of rotatable bonds is 2. The van der Waals surface area contributed by atoms with Crippen molar-refractivity contribution in [3.05, 3.63) is 0 Å². The van der Waals surface area contributed by atoms with Gasteiger partial charge in [0.1, 0.15) is 17.7 Å². The first-order chi connectivity index (χ1) is 11.6. The minimum absolute atomic E-state index is 0.155. The highest BCUT2D eigenvalue weighted by Gasteiger charge is 2.49. The van der Waals surface area contributed by atoms with E-state index in [9.17, 15) is 19.5 Å². The normalized spacial score (nSPS) is 30.1. The Balaban J connectivity index is 2.18. The summed E-state index contributed by atoms with van der Waals surface area (Å²) in [5.74, 6) is -0.922. The van der Waals surface area contributed by atoms with Crippen LogP contribution in [-0.4, -0.2) is 64.9 Å². The first-order valence-electron chi connectivity index (χ1n) is 8.71.